The van der Waals surface area contributed by atoms with Crippen LogP contribution < -0.4 is 5.32 Å². The van der Waals surface area contributed by atoms with E-state index in [4.69, 9.17) is 0 Å². The SMILES string of the molecule is CC(C)CC(=O)NCCCN1CCCCC1. The highest BCUT2D eigenvalue weighted by molar-refractivity contribution is 5.75. The van der Waals surface area contributed by atoms with Crippen molar-refractivity contribution < 1.29 is 4.79 Å². The molecular formula is C13H26N2O. The van der Waals surface area contributed by atoms with E-state index in [1.807, 2.05) is 0 Å². The van der Waals surface area contributed by atoms with E-state index in [2.05, 4.69) is 24.1 Å². The van der Waals surface area contributed by atoms with Gasteiger partial charge in [0, 0.05) is 13.0 Å². The number of rotatable bonds is 6. The summed E-state index contributed by atoms with van der Waals surface area (Å²) < 4.78 is 0. The molecular weight excluding hydrogens is 200 g/mol. The average Bonchev–Trinajstić information content (AvgIpc) is 2.25. The van der Waals surface area contributed by atoms with Gasteiger partial charge in [0.2, 0.25) is 5.91 Å². The Morgan fingerprint density at radius 1 is 1.25 bits per heavy atom. The minimum absolute atomic E-state index is 0.202. The zero-order valence-electron chi connectivity index (χ0n) is 10.8. The highest BCUT2D eigenvalue weighted by Gasteiger charge is 2.09. The summed E-state index contributed by atoms with van der Waals surface area (Å²) in [5.41, 5.74) is 0. The first-order chi connectivity index (χ1) is 7.68. The highest BCUT2D eigenvalue weighted by Crippen LogP contribution is 2.08. The molecule has 0 spiro atoms. The lowest BCUT2D eigenvalue weighted by atomic mass is 10.1. The van der Waals surface area contributed by atoms with E-state index in [0.717, 1.165) is 19.5 Å². The Kier molecular flexibility index (Phi) is 6.46. The first kappa shape index (κ1) is 13.5. The predicted molar refractivity (Wildman–Crippen MR) is 67.4 cm³/mol. The summed E-state index contributed by atoms with van der Waals surface area (Å²) in [5.74, 6) is 0.663. The van der Waals surface area contributed by atoms with Crippen LogP contribution in [0, 0.1) is 5.92 Å². The molecule has 0 radical (unpaired) electrons. The Balaban J connectivity index is 1.96. The van der Waals surface area contributed by atoms with Crippen LogP contribution in [0.25, 0.3) is 0 Å². The van der Waals surface area contributed by atoms with Crippen LogP contribution >= 0.6 is 0 Å². The van der Waals surface area contributed by atoms with Crippen LogP contribution in [0.4, 0.5) is 0 Å². The zero-order chi connectivity index (χ0) is 11.8. The number of likely N-dealkylation sites (tertiary alicyclic amines) is 1. The summed E-state index contributed by atoms with van der Waals surface area (Å²) in [6.45, 7) is 8.63. The lowest BCUT2D eigenvalue weighted by molar-refractivity contribution is -0.121. The molecule has 0 atom stereocenters. The average molecular weight is 226 g/mol. The number of hydrogen-bond donors (Lipinski definition) is 1. The molecule has 1 amide bonds. The Morgan fingerprint density at radius 2 is 1.94 bits per heavy atom. The monoisotopic (exact) mass is 226 g/mol. The van der Waals surface area contributed by atoms with Crippen LogP contribution in [0.3, 0.4) is 0 Å². The largest absolute Gasteiger partial charge is 0.356 e. The number of carbonyl (C=O) groups is 1. The molecule has 0 unspecified atom stereocenters. The van der Waals surface area contributed by atoms with Crippen molar-refractivity contribution >= 4 is 5.91 Å². The van der Waals surface area contributed by atoms with Gasteiger partial charge in [-0.3, -0.25) is 4.79 Å². The van der Waals surface area contributed by atoms with E-state index >= 15 is 0 Å². The zero-order valence-corrected chi connectivity index (χ0v) is 10.8. The van der Waals surface area contributed by atoms with Crippen molar-refractivity contribution in [1.29, 1.82) is 0 Å². The van der Waals surface area contributed by atoms with Crippen LogP contribution in [0.1, 0.15) is 46.0 Å². The van der Waals surface area contributed by atoms with E-state index < -0.39 is 0 Å². The molecule has 94 valence electrons. The minimum atomic E-state index is 0.202. The third kappa shape index (κ3) is 6.11. The van der Waals surface area contributed by atoms with Gasteiger partial charge in [-0.25, -0.2) is 0 Å². The summed E-state index contributed by atoms with van der Waals surface area (Å²) >= 11 is 0. The lowest BCUT2D eigenvalue weighted by Gasteiger charge is -2.26. The van der Waals surface area contributed by atoms with Crippen LogP contribution in [0.2, 0.25) is 0 Å². The Bertz CT molecular complexity index is 198. The number of carbonyl (C=O) groups excluding carboxylic acids is 1. The van der Waals surface area contributed by atoms with E-state index in [9.17, 15) is 4.79 Å². The van der Waals surface area contributed by atoms with Gasteiger partial charge >= 0.3 is 0 Å². The lowest BCUT2D eigenvalue weighted by Crippen LogP contribution is -2.33. The fraction of sp³-hybridized carbons (Fsp3) is 0.923. The van der Waals surface area contributed by atoms with Crippen molar-refractivity contribution in [3.63, 3.8) is 0 Å². The molecule has 16 heavy (non-hydrogen) atoms. The first-order valence-corrected chi connectivity index (χ1v) is 6.67. The molecule has 1 heterocycles. The number of nitrogens with zero attached hydrogens (tertiary/aromatic N) is 1. The smallest absolute Gasteiger partial charge is 0.220 e. The van der Waals surface area contributed by atoms with Crippen molar-refractivity contribution in [2.24, 2.45) is 5.92 Å². The van der Waals surface area contributed by atoms with Crippen molar-refractivity contribution in [2.45, 2.75) is 46.0 Å². The normalized spacial score (nSPS) is 17.7. The van der Waals surface area contributed by atoms with Gasteiger partial charge in [-0.05, 0) is 44.8 Å². The minimum Gasteiger partial charge on any atom is -0.356 e. The molecule has 0 aromatic carbocycles. The van der Waals surface area contributed by atoms with Gasteiger partial charge in [-0.1, -0.05) is 20.3 Å². The second kappa shape index (κ2) is 7.66. The van der Waals surface area contributed by atoms with Gasteiger partial charge in [0.05, 0.1) is 0 Å². The first-order valence-electron chi connectivity index (χ1n) is 6.67. The van der Waals surface area contributed by atoms with Gasteiger partial charge in [0.25, 0.3) is 0 Å². The van der Waals surface area contributed by atoms with Crippen LogP contribution in [0.15, 0.2) is 0 Å². The topological polar surface area (TPSA) is 32.3 Å². The van der Waals surface area contributed by atoms with Crippen molar-refractivity contribution in [2.75, 3.05) is 26.2 Å². The maximum atomic E-state index is 11.4. The molecule has 1 fully saturated rings. The molecule has 0 aromatic rings. The molecule has 0 aliphatic carbocycles. The van der Waals surface area contributed by atoms with Gasteiger partial charge in [0.15, 0.2) is 0 Å². The molecule has 0 bridgehead atoms. The van der Waals surface area contributed by atoms with E-state index in [0.29, 0.717) is 12.3 Å². The number of piperidine rings is 1. The van der Waals surface area contributed by atoms with Gasteiger partial charge < -0.3 is 10.2 Å². The second-order valence-corrected chi connectivity index (χ2v) is 5.20. The summed E-state index contributed by atoms with van der Waals surface area (Å²) in [5, 5.41) is 2.99. The van der Waals surface area contributed by atoms with Crippen molar-refractivity contribution in [1.82, 2.24) is 10.2 Å². The maximum Gasteiger partial charge on any atom is 0.220 e. The molecule has 1 N–H and O–H groups in total. The standard InChI is InChI=1S/C13H26N2O/c1-12(2)11-13(16)14-7-6-10-15-8-4-3-5-9-15/h12H,3-11H2,1-2H3,(H,14,16). The summed E-state index contributed by atoms with van der Waals surface area (Å²) in [6.07, 6.45) is 5.83. The van der Waals surface area contributed by atoms with Crippen molar-refractivity contribution in [3.05, 3.63) is 0 Å². The number of hydrogen-bond acceptors (Lipinski definition) is 2. The van der Waals surface area contributed by atoms with Gasteiger partial charge in [0.1, 0.15) is 0 Å². The van der Waals surface area contributed by atoms with Crippen LogP contribution in [-0.2, 0) is 4.79 Å². The summed E-state index contributed by atoms with van der Waals surface area (Å²) in [6, 6.07) is 0. The molecule has 1 aliphatic rings. The third-order valence-corrected chi connectivity index (χ3v) is 3.02. The fourth-order valence-electron chi connectivity index (χ4n) is 2.16. The summed E-state index contributed by atoms with van der Waals surface area (Å²) in [4.78, 5) is 13.9. The Labute approximate surface area is 99.6 Å². The van der Waals surface area contributed by atoms with Crippen LogP contribution in [0.5, 0.6) is 0 Å². The van der Waals surface area contributed by atoms with E-state index in [1.54, 1.807) is 0 Å². The molecule has 0 aromatic heterocycles. The molecule has 3 nitrogen and oxygen atoms in total. The van der Waals surface area contributed by atoms with E-state index in [1.165, 1.54) is 32.4 Å². The van der Waals surface area contributed by atoms with Gasteiger partial charge in [-0.2, -0.15) is 0 Å². The Hall–Kier alpha value is -0.570. The number of amides is 1. The maximum absolute atomic E-state index is 11.4. The molecule has 1 rings (SSSR count). The quantitative estimate of drug-likeness (QED) is 0.703. The second-order valence-electron chi connectivity index (χ2n) is 5.20. The highest BCUT2D eigenvalue weighted by atomic mass is 16.1. The summed E-state index contributed by atoms with van der Waals surface area (Å²) in [7, 11) is 0. The molecule has 1 aliphatic heterocycles. The van der Waals surface area contributed by atoms with Crippen LogP contribution in [-0.4, -0.2) is 37.0 Å². The predicted octanol–water partition coefficient (Wildman–Crippen LogP) is 2.02. The number of nitrogens with one attached hydrogen (secondary N) is 1. The molecule has 3 heteroatoms. The molecule has 1 saturated heterocycles. The molecule has 0 saturated carbocycles. The van der Waals surface area contributed by atoms with E-state index in [-0.39, 0.29) is 5.91 Å². The van der Waals surface area contributed by atoms with Gasteiger partial charge in [-0.15, -0.1) is 0 Å². The van der Waals surface area contributed by atoms with Crippen molar-refractivity contribution in [3.8, 4) is 0 Å². The fourth-order valence-corrected chi connectivity index (χ4v) is 2.16. The Morgan fingerprint density at radius 3 is 2.56 bits per heavy atom. The third-order valence-electron chi connectivity index (χ3n) is 3.02.